The van der Waals surface area contributed by atoms with Crippen molar-refractivity contribution in [3.8, 4) is 0 Å². The zero-order valence-electron chi connectivity index (χ0n) is 9.67. The molecule has 0 atom stereocenters. The van der Waals surface area contributed by atoms with Gasteiger partial charge in [-0.15, -0.1) is 0 Å². The molecule has 3 nitrogen and oxygen atoms in total. The quantitative estimate of drug-likeness (QED) is 0.851. The number of nitrogen functional groups attached to an aromatic ring is 1. The molecule has 2 aromatic rings. The molecule has 0 radical (unpaired) electrons. The maximum absolute atomic E-state index is 13.6. The summed E-state index contributed by atoms with van der Waals surface area (Å²) in [4.78, 5) is 0. The molecule has 2 rings (SSSR count). The minimum absolute atomic E-state index is 0.224. The third-order valence-electron chi connectivity index (χ3n) is 2.61. The zero-order valence-corrected chi connectivity index (χ0v) is 11.8. The second kappa shape index (κ2) is 4.64. The molecule has 2 N–H and O–H groups in total. The summed E-state index contributed by atoms with van der Waals surface area (Å²) in [5.74, 6) is 0.363. The lowest BCUT2D eigenvalue weighted by atomic mass is 10.1. The molecule has 0 saturated carbocycles. The van der Waals surface area contributed by atoms with Crippen molar-refractivity contribution in [2.24, 2.45) is 0 Å². The number of anilines is 1. The molecule has 0 aliphatic carbocycles. The molecule has 1 aromatic heterocycles. The molecular formula is C12H13FIN3. The van der Waals surface area contributed by atoms with Crippen molar-refractivity contribution < 1.29 is 4.39 Å². The van der Waals surface area contributed by atoms with E-state index in [1.807, 2.05) is 19.9 Å². The average molecular weight is 345 g/mol. The first kappa shape index (κ1) is 12.3. The van der Waals surface area contributed by atoms with E-state index in [2.05, 4.69) is 27.7 Å². The van der Waals surface area contributed by atoms with Crippen LogP contribution >= 0.6 is 22.6 Å². The van der Waals surface area contributed by atoms with Crippen molar-refractivity contribution >= 4 is 28.4 Å². The number of nitrogens with zero attached hydrogens (tertiary/aromatic N) is 2. The fraction of sp³-hybridized carbons (Fsp3) is 0.250. The van der Waals surface area contributed by atoms with Crippen molar-refractivity contribution in [3.05, 3.63) is 44.4 Å². The molecule has 17 heavy (non-hydrogen) atoms. The van der Waals surface area contributed by atoms with Crippen LogP contribution in [0, 0.1) is 23.2 Å². The highest BCUT2D eigenvalue weighted by Crippen LogP contribution is 2.20. The molecule has 0 spiro atoms. The Balaban J connectivity index is 2.37. The van der Waals surface area contributed by atoms with E-state index in [1.54, 1.807) is 10.7 Å². The molecule has 5 heteroatoms. The van der Waals surface area contributed by atoms with Crippen LogP contribution in [0.5, 0.6) is 0 Å². The predicted octanol–water partition coefficient (Wildman–Crippen LogP) is 2.87. The van der Waals surface area contributed by atoms with Crippen LogP contribution in [-0.4, -0.2) is 9.78 Å². The van der Waals surface area contributed by atoms with Crippen LogP contribution < -0.4 is 5.73 Å². The van der Waals surface area contributed by atoms with Crippen LogP contribution in [-0.2, 0) is 6.54 Å². The van der Waals surface area contributed by atoms with Crippen molar-refractivity contribution in [2.75, 3.05) is 5.73 Å². The zero-order chi connectivity index (χ0) is 12.6. The van der Waals surface area contributed by atoms with Gasteiger partial charge in [0.05, 0.1) is 15.8 Å². The maximum Gasteiger partial charge on any atom is 0.135 e. The van der Waals surface area contributed by atoms with Crippen LogP contribution in [0.3, 0.4) is 0 Å². The second-order valence-corrected chi connectivity index (χ2v) is 5.12. The summed E-state index contributed by atoms with van der Waals surface area (Å²) in [6.07, 6.45) is 0. The van der Waals surface area contributed by atoms with Gasteiger partial charge in [-0.05, 0) is 42.5 Å². The number of halogens is 2. The first-order valence-corrected chi connectivity index (χ1v) is 6.30. The molecule has 0 fully saturated rings. The van der Waals surface area contributed by atoms with E-state index < -0.39 is 0 Å². The number of aryl methyl sites for hydroxylation is 2. The van der Waals surface area contributed by atoms with Gasteiger partial charge >= 0.3 is 0 Å². The predicted molar refractivity (Wildman–Crippen MR) is 74.3 cm³/mol. The van der Waals surface area contributed by atoms with Gasteiger partial charge in [-0.2, -0.15) is 5.10 Å². The molecule has 0 unspecified atom stereocenters. The smallest absolute Gasteiger partial charge is 0.135 e. The highest BCUT2D eigenvalue weighted by Gasteiger charge is 2.11. The monoisotopic (exact) mass is 345 g/mol. The van der Waals surface area contributed by atoms with Crippen LogP contribution in [0.1, 0.15) is 16.8 Å². The first-order chi connectivity index (χ1) is 7.99. The van der Waals surface area contributed by atoms with E-state index in [-0.39, 0.29) is 5.82 Å². The summed E-state index contributed by atoms with van der Waals surface area (Å²) in [7, 11) is 0. The fourth-order valence-electron chi connectivity index (χ4n) is 1.68. The highest BCUT2D eigenvalue weighted by molar-refractivity contribution is 14.1. The molecule has 0 saturated heterocycles. The van der Waals surface area contributed by atoms with Gasteiger partial charge in [-0.3, -0.25) is 0 Å². The first-order valence-electron chi connectivity index (χ1n) is 5.22. The standard InChI is InChI=1S/C12H13FIN3/c1-7-3-4-10(13)9(5-7)6-17-12(15)11(14)8(2)16-17/h3-5H,6,15H2,1-2H3. The van der Waals surface area contributed by atoms with Crippen molar-refractivity contribution in [2.45, 2.75) is 20.4 Å². The van der Waals surface area contributed by atoms with E-state index >= 15 is 0 Å². The normalized spacial score (nSPS) is 10.8. The van der Waals surface area contributed by atoms with Crippen LogP contribution in [0.25, 0.3) is 0 Å². The highest BCUT2D eigenvalue weighted by atomic mass is 127. The Morgan fingerprint density at radius 2 is 2.12 bits per heavy atom. The van der Waals surface area contributed by atoms with Gasteiger partial charge in [0.1, 0.15) is 11.6 Å². The molecule has 0 aliphatic heterocycles. The van der Waals surface area contributed by atoms with Gasteiger partial charge in [0.2, 0.25) is 0 Å². The van der Waals surface area contributed by atoms with E-state index in [9.17, 15) is 4.39 Å². The number of benzene rings is 1. The fourth-order valence-corrected chi connectivity index (χ4v) is 2.07. The Morgan fingerprint density at radius 1 is 1.41 bits per heavy atom. The average Bonchev–Trinajstić information content (AvgIpc) is 2.52. The number of aromatic nitrogens is 2. The van der Waals surface area contributed by atoms with Crippen molar-refractivity contribution in [3.63, 3.8) is 0 Å². The van der Waals surface area contributed by atoms with Crippen LogP contribution in [0.4, 0.5) is 10.2 Å². The Labute approximate surface area is 113 Å². The lowest BCUT2D eigenvalue weighted by Crippen LogP contribution is -2.08. The number of hydrogen-bond acceptors (Lipinski definition) is 2. The molecule has 90 valence electrons. The van der Waals surface area contributed by atoms with E-state index in [1.165, 1.54) is 6.07 Å². The Kier molecular flexibility index (Phi) is 3.37. The van der Waals surface area contributed by atoms with Gasteiger partial charge in [0, 0.05) is 5.56 Å². The summed E-state index contributed by atoms with van der Waals surface area (Å²) in [5.41, 5.74) is 8.41. The minimum atomic E-state index is -0.224. The van der Waals surface area contributed by atoms with E-state index in [0.29, 0.717) is 17.9 Å². The van der Waals surface area contributed by atoms with E-state index in [0.717, 1.165) is 14.8 Å². The van der Waals surface area contributed by atoms with E-state index in [4.69, 9.17) is 5.73 Å². The molecule has 0 aliphatic rings. The van der Waals surface area contributed by atoms with Crippen LogP contribution in [0.15, 0.2) is 18.2 Å². The Hall–Kier alpha value is -1.11. The lowest BCUT2D eigenvalue weighted by Gasteiger charge is -2.06. The summed E-state index contributed by atoms with van der Waals surface area (Å²) in [6, 6.07) is 5.04. The van der Waals surface area contributed by atoms with Gasteiger partial charge in [0.15, 0.2) is 0 Å². The van der Waals surface area contributed by atoms with Crippen molar-refractivity contribution in [1.29, 1.82) is 0 Å². The molecule has 1 heterocycles. The minimum Gasteiger partial charge on any atom is -0.383 e. The number of hydrogen-bond donors (Lipinski definition) is 1. The van der Waals surface area contributed by atoms with Crippen molar-refractivity contribution in [1.82, 2.24) is 9.78 Å². The summed E-state index contributed by atoms with van der Waals surface area (Å²) in [6.45, 7) is 4.19. The largest absolute Gasteiger partial charge is 0.383 e. The van der Waals surface area contributed by atoms with Gasteiger partial charge < -0.3 is 5.73 Å². The topological polar surface area (TPSA) is 43.8 Å². The maximum atomic E-state index is 13.6. The molecule has 1 aromatic carbocycles. The third-order valence-corrected chi connectivity index (χ3v) is 3.95. The Bertz CT molecular complexity index is 563. The number of rotatable bonds is 2. The summed E-state index contributed by atoms with van der Waals surface area (Å²) < 4.78 is 16.2. The van der Waals surface area contributed by atoms with Crippen LogP contribution in [0.2, 0.25) is 0 Å². The third kappa shape index (κ3) is 2.43. The lowest BCUT2D eigenvalue weighted by molar-refractivity contribution is 0.586. The van der Waals surface area contributed by atoms with Gasteiger partial charge in [-0.25, -0.2) is 9.07 Å². The second-order valence-electron chi connectivity index (χ2n) is 4.04. The molecular weight excluding hydrogens is 332 g/mol. The molecule has 0 bridgehead atoms. The van der Waals surface area contributed by atoms with Gasteiger partial charge in [0.25, 0.3) is 0 Å². The summed E-state index contributed by atoms with van der Waals surface area (Å²) in [5, 5.41) is 4.29. The summed E-state index contributed by atoms with van der Waals surface area (Å²) >= 11 is 2.15. The Morgan fingerprint density at radius 3 is 2.71 bits per heavy atom. The SMILES string of the molecule is Cc1ccc(F)c(Cn2nc(C)c(I)c2N)c1. The number of nitrogens with two attached hydrogens (primary N) is 1. The molecule has 0 amide bonds. The van der Waals surface area contributed by atoms with Gasteiger partial charge in [-0.1, -0.05) is 17.7 Å².